The molecule has 5 heteroatoms. The zero-order valence-corrected chi connectivity index (χ0v) is 12.3. The fourth-order valence-electron chi connectivity index (χ4n) is 1.57. The molecular weight excluding hydrogens is 230 g/mol. The number of likely N-dealkylation sites (N-methyl/N-ethyl adjacent to an activating group) is 1. The molecule has 0 aliphatic rings. The van der Waals surface area contributed by atoms with Crippen molar-refractivity contribution in [3.63, 3.8) is 0 Å². The van der Waals surface area contributed by atoms with Crippen molar-refractivity contribution in [2.24, 2.45) is 0 Å². The van der Waals surface area contributed by atoms with E-state index in [4.69, 9.17) is 0 Å². The SMILES string of the molecule is CCN(CC)C(=O)CNCCC(=O)NC(C)(C)C. The van der Waals surface area contributed by atoms with Crippen molar-refractivity contribution in [3.8, 4) is 0 Å². The van der Waals surface area contributed by atoms with Gasteiger partial charge in [-0.15, -0.1) is 0 Å². The Kier molecular flexibility index (Phi) is 7.59. The lowest BCUT2D eigenvalue weighted by Crippen LogP contribution is -2.42. The van der Waals surface area contributed by atoms with E-state index in [-0.39, 0.29) is 17.4 Å². The number of rotatable bonds is 7. The van der Waals surface area contributed by atoms with Crippen molar-refractivity contribution in [1.29, 1.82) is 0 Å². The minimum atomic E-state index is -0.200. The molecule has 0 aliphatic carbocycles. The van der Waals surface area contributed by atoms with Gasteiger partial charge in [0.05, 0.1) is 6.54 Å². The largest absolute Gasteiger partial charge is 0.351 e. The Morgan fingerprint density at radius 1 is 1.11 bits per heavy atom. The van der Waals surface area contributed by atoms with Crippen LogP contribution in [0.2, 0.25) is 0 Å². The highest BCUT2D eigenvalue weighted by Crippen LogP contribution is 1.98. The summed E-state index contributed by atoms with van der Waals surface area (Å²) in [7, 11) is 0. The molecule has 0 radical (unpaired) electrons. The van der Waals surface area contributed by atoms with Gasteiger partial charge >= 0.3 is 0 Å². The van der Waals surface area contributed by atoms with E-state index in [1.165, 1.54) is 0 Å². The molecule has 0 rings (SSSR count). The molecule has 0 aromatic rings. The van der Waals surface area contributed by atoms with Crippen molar-refractivity contribution in [3.05, 3.63) is 0 Å². The second kappa shape index (κ2) is 8.08. The van der Waals surface area contributed by atoms with Gasteiger partial charge in [-0.3, -0.25) is 9.59 Å². The Balaban J connectivity index is 3.74. The first-order valence-corrected chi connectivity index (χ1v) is 6.59. The number of nitrogens with one attached hydrogen (secondary N) is 2. The number of hydrogen-bond acceptors (Lipinski definition) is 3. The fraction of sp³-hybridized carbons (Fsp3) is 0.846. The van der Waals surface area contributed by atoms with E-state index >= 15 is 0 Å². The van der Waals surface area contributed by atoms with Gasteiger partial charge in [-0.25, -0.2) is 0 Å². The summed E-state index contributed by atoms with van der Waals surface area (Å²) in [6.07, 6.45) is 0.392. The van der Waals surface area contributed by atoms with Gasteiger partial charge in [0, 0.05) is 31.6 Å². The van der Waals surface area contributed by atoms with Crippen LogP contribution in [0.25, 0.3) is 0 Å². The van der Waals surface area contributed by atoms with Crippen LogP contribution >= 0.6 is 0 Å². The lowest BCUT2D eigenvalue weighted by atomic mass is 10.1. The van der Waals surface area contributed by atoms with Crippen molar-refractivity contribution < 1.29 is 9.59 Å². The maximum absolute atomic E-state index is 11.6. The standard InChI is InChI=1S/C13H27N3O2/c1-6-16(7-2)12(18)10-14-9-8-11(17)15-13(3,4)5/h14H,6-10H2,1-5H3,(H,15,17). The number of carbonyl (C=O) groups is 2. The van der Waals surface area contributed by atoms with Crippen LogP contribution in [0.3, 0.4) is 0 Å². The molecule has 0 heterocycles. The van der Waals surface area contributed by atoms with Crippen molar-refractivity contribution in [2.75, 3.05) is 26.2 Å². The Bertz CT molecular complexity index is 268. The van der Waals surface area contributed by atoms with Crippen LogP contribution in [0.5, 0.6) is 0 Å². The molecule has 0 spiro atoms. The normalized spacial score (nSPS) is 11.2. The van der Waals surface area contributed by atoms with Gasteiger partial charge in [-0.05, 0) is 34.6 Å². The zero-order chi connectivity index (χ0) is 14.2. The fourth-order valence-corrected chi connectivity index (χ4v) is 1.57. The van der Waals surface area contributed by atoms with Gasteiger partial charge in [-0.2, -0.15) is 0 Å². The molecule has 0 unspecified atom stereocenters. The van der Waals surface area contributed by atoms with Gasteiger partial charge in [0.25, 0.3) is 0 Å². The molecule has 5 nitrogen and oxygen atoms in total. The van der Waals surface area contributed by atoms with E-state index in [0.29, 0.717) is 19.5 Å². The minimum absolute atomic E-state index is 0.00490. The van der Waals surface area contributed by atoms with Crippen LogP contribution in [-0.2, 0) is 9.59 Å². The second-order valence-electron chi connectivity index (χ2n) is 5.29. The lowest BCUT2D eigenvalue weighted by molar-refractivity contribution is -0.130. The van der Waals surface area contributed by atoms with Gasteiger partial charge in [0.15, 0.2) is 0 Å². The molecule has 2 N–H and O–H groups in total. The van der Waals surface area contributed by atoms with Crippen molar-refractivity contribution in [1.82, 2.24) is 15.5 Å². The minimum Gasteiger partial charge on any atom is -0.351 e. The highest BCUT2D eigenvalue weighted by Gasteiger charge is 2.13. The van der Waals surface area contributed by atoms with E-state index in [0.717, 1.165) is 13.1 Å². The van der Waals surface area contributed by atoms with Gasteiger partial charge in [0.1, 0.15) is 0 Å². The maximum Gasteiger partial charge on any atom is 0.236 e. The summed E-state index contributed by atoms with van der Waals surface area (Å²) in [5.41, 5.74) is -0.200. The van der Waals surface area contributed by atoms with E-state index in [2.05, 4.69) is 10.6 Å². The highest BCUT2D eigenvalue weighted by molar-refractivity contribution is 5.78. The Labute approximate surface area is 110 Å². The molecular formula is C13H27N3O2. The van der Waals surface area contributed by atoms with Crippen LogP contribution in [0, 0.1) is 0 Å². The monoisotopic (exact) mass is 257 g/mol. The Morgan fingerprint density at radius 3 is 2.11 bits per heavy atom. The first kappa shape index (κ1) is 16.9. The van der Waals surface area contributed by atoms with E-state index in [9.17, 15) is 9.59 Å². The summed E-state index contributed by atoms with van der Waals surface area (Å²) >= 11 is 0. The second-order valence-corrected chi connectivity index (χ2v) is 5.29. The van der Waals surface area contributed by atoms with Crippen LogP contribution in [0.1, 0.15) is 41.0 Å². The number of nitrogens with zero attached hydrogens (tertiary/aromatic N) is 1. The van der Waals surface area contributed by atoms with E-state index in [1.54, 1.807) is 4.90 Å². The topological polar surface area (TPSA) is 61.4 Å². The van der Waals surface area contributed by atoms with Crippen LogP contribution in [0.15, 0.2) is 0 Å². The lowest BCUT2D eigenvalue weighted by Gasteiger charge is -2.21. The first-order valence-electron chi connectivity index (χ1n) is 6.59. The van der Waals surface area contributed by atoms with Crippen LogP contribution in [-0.4, -0.2) is 48.4 Å². The molecule has 0 bridgehead atoms. The number of amides is 2. The molecule has 0 fully saturated rings. The third-order valence-corrected chi connectivity index (χ3v) is 2.44. The molecule has 18 heavy (non-hydrogen) atoms. The molecule has 0 atom stereocenters. The number of hydrogen-bond donors (Lipinski definition) is 2. The predicted molar refractivity (Wildman–Crippen MR) is 73.3 cm³/mol. The molecule has 0 aromatic carbocycles. The van der Waals surface area contributed by atoms with Crippen molar-refractivity contribution in [2.45, 2.75) is 46.6 Å². The third kappa shape index (κ3) is 8.06. The third-order valence-electron chi connectivity index (χ3n) is 2.44. The summed E-state index contributed by atoms with van der Waals surface area (Å²) in [6.45, 7) is 12.0. The molecule has 0 aromatic heterocycles. The predicted octanol–water partition coefficient (Wildman–Crippen LogP) is 0.749. The Morgan fingerprint density at radius 2 is 1.67 bits per heavy atom. The van der Waals surface area contributed by atoms with E-state index < -0.39 is 0 Å². The van der Waals surface area contributed by atoms with Gasteiger partial charge in [0.2, 0.25) is 11.8 Å². The maximum atomic E-state index is 11.6. The quantitative estimate of drug-likeness (QED) is 0.662. The summed E-state index contributed by atoms with van der Waals surface area (Å²) in [4.78, 5) is 24.9. The molecule has 106 valence electrons. The summed E-state index contributed by atoms with van der Waals surface area (Å²) < 4.78 is 0. The number of carbonyl (C=O) groups excluding carboxylic acids is 2. The van der Waals surface area contributed by atoms with Gasteiger partial charge in [-0.1, -0.05) is 0 Å². The average Bonchev–Trinajstić information content (AvgIpc) is 2.23. The van der Waals surface area contributed by atoms with Crippen LogP contribution < -0.4 is 10.6 Å². The Hall–Kier alpha value is -1.10. The first-order chi connectivity index (χ1) is 8.30. The molecule has 0 saturated heterocycles. The van der Waals surface area contributed by atoms with Gasteiger partial charge < -0.3 is 15.5 Å². The van der Waals surface area contributed by atoms with Crippen LogP contribution in [0.4, 0.5) is 0 Å². The molecule has 0 aliphatic heterocycles. The average molecular weight is 257 g/mol. The molecule has 0 saturated carbocycles. The highest BCUT2D eigenvalue weighted by atomic mass is 16.2. The summed E-state index contributed by atoms with van der Waals surface area (Å²) in [6, 6.07) is 0. The van der Waals surface area contributed by atoms with Crippen molar-refractivity contribution >= 4 is 11.8 Å². The summed E-state index contributed by atoms with van der Waals surface area (Å²) in [5, 5.41) is 5.88. The smallest absolute Gasteiger partial charge is 0.236 e. The van der Waals surface area contributed by atoms with E-state index in [1.807, 2.05) is 34.6 Å². The molecule has 2 amide bonds. The summed E-state index contributed by atoms with van der Waals surface area (Å²) in [5.74, 6) is 0.0847. The zero-order valence-electron chi connectivity index (χ0n) is 12.3.